The number of hydrogen-bond donors (Lipinski definition) is 1. The molecule has 0 aliphatic heterocycles. The molecule has 19 heavy (non-hydrogen) atoms. The molecule has 0 radical (unpaired) electrons. The highest BCUT2D eigenvalue weighted by Crippen LogP contribution is 2.15. The Kier molecular flexibility index (Phi) is 4.94. The summed E-state index contributed by atoms with van der Waals surface area (Å²) in [5.74, 6) is 0.242. The fourth-order valence-corrected chi connectivity index (χ4v) is 1.63. The normalized spacial score (nSPS) is 10.6. The Morgan fingerprint density at radius 3 is 2.74 bits per heavy atom. The number of methoxy groups -OCH3 is 1. The molecule has 0 atom stereocenters. The predicted octanol–water partition coefficient (Wildman–Crippen LogP) is 2.02. The first-order chi connectivity index (χ1) is 9.29. The summed E-state index contributed by atoms with van der Waals surface area (Å²) in [7, 11) is 1.67. The van der Waals surface area contributed by atoms with Crippen LogP contribution in [0, 0.1) is 5.82 Å². The zero-order chi connectivity index (χ0) is 13.5. The van der Waals surface area contributed by atoms with Gasteiger partial charge < -0.3 is 10.1 Å². The van der Waals surface area contributed by atoms with Gasteiger partial charge >= 0.3 is 0 Å². The molecule has 1 aromatic heterocycles. The second-order valence-electron chi connectivity index (χ2n) is 4.09. The van der Waals surface area contributed by atoms with Crippen LogP contribution in [0.2, 0.25) is 0 Å². The molecule has 1 heterocycles. The van der Waals surface area contributed by atoms with Crippen LogP contribution >= 0.6 is 0 Å². The maximum Gasteiger partial charge on any atom is 0.159 e. The highest BCUT2D eigenvalue weighted by atomic mass is 19.1. The Hall–Kier alpha value is -1.85. The van der Waals surface area contributed by atoms with Crippen LogP contribution in [-0.2, 0) is 11.3 Å². The lowest BCUT2D eigenvalue weighted by molar-refractivity contribution is 0.199. The summed E-state index contributed by atoms with van der Waals surface area (Å²) in [5.41, 5.74) is 1.66. The Morgan fingerprint density at radius 1 is 1.26 bits per heavy atom. The lowest BCUT2D eigenvalue weighted by Crippen LogP contribution is -2.18. The van der Waals surface area contributed by atoms with Crippen molar-refractivity contribution in [3.8, 4) is 11.4 Å². The van der Waals surface area contributed by atoms with Crippen LogP contribution in [0.4, 0.5) is 4.39 Å². The maximum absolute atomic E-state index is 13.1. The number of halogens is 1. The van der Waals surface area contributed by atoms with Gasteiger partial charge in [-0.05, 0) is 12.1 Å². The van der Waals surface area contributed by atoms with Gasteiger partial charge in [0, 0.05) is 43.7 Å². The summed E-state index contributed by atoms with van der Waals surface area (Å²) in [6.07, 6.45) is 3.49. The summed E-state index contributed by atoms with van der Waals surface area (Å²) in [6, 6.07) is 6.26. The van der Waals surface area contributed by atoms with Crippen LogP contribution in [-0.4, -0.2) is 30.2 Å². The van der Waals surface area contributed by atoms with E-state index in [1.807, 2.05) is 0 Å². The van der Waals surface area contributed by atoms with Gasteiger partial charge in [0.05, 0.1) is 6.61 Å². The molecule has 4 nitrogen and oxygen atoms in total. The van der Waals surface area contributed by atoms with Crippen molar-refractivity contribution in [2.75, 3.05) is 20.3 Å². The van der Waals surface area contributed by atoms with Crippen LogP contribution in [0.5, 0.6) is 0 Å². The van der Waals surface area contributed by atoms with Crippen molar-refractivity contribution in [1.82, 2.24) is 15.3 Å². The van der Waals surface area contributed by atoms with E-state index in [2.05, 4.69) is 15.3 Å². The quantitative estimate of drug-likeness (QED) is 0.808. The monoisotopic (exact) mass is 261 g/mol. The van der Waals surface area contributed by atoms with E-state index in [4.69, 9.17) is 4.74 Å². The molecule has 1 N–H and O–H groups in total. The molecule has 2 rings (SSSR count). The molecule has 0 amide bonds. The second-order valence-corrected chi connectivity index (χ2v) is 4.09. The Balaban J connectivity index is 1.98. The third-order valence-electron chi connectivity index (χ3n) is 2.60. The zero-order valence-corrected chi connectivity index (χ0v) is 10.8. The van der Waals surface area contributed by atoms with E-state index in [9.17, 15) is 4.39 Å². The molecular formula is C14H16FN3O. The van der Waals surface area contributed by atoms with E-state index in [0.717, 1.165) is 12.1 Å². The Bertz CT molecular complexity index is 516. The lowest BCUT2D eigenvalue weighted by Gasteiger charge is -2.05. The van der Waals surface area contributed by atoms with Gasteiger partial charge in [0.15, 0.2) is 5.82 Å². The summed E-state index contributed by atoms with van der Waals surface area (Å²) >= 11 is 0. The van der Waals surface area contributed by atoms with Gasteiger partial charge in [-0.15, -0.1) is 0 Å². The van der Waals surface area contributed by atoms with Crippen LogP contribution < -0.4 is 5.32 Å². The van der Waals surface area contributed by atoms with E-state index < -0.39 is 0 Å². The van der Waals surface area contributed by atoms with Gasteiger partial charge in [0.2, 0.25) is 0 Å². The molecule has 0 fully saturated rings. The van der Waals surface area contributed by atoms with Crippen molar-refractivity contribution < 1.29 is 9.13 Å². The number of benzene rings is 1. The summed E-state index contributed by atoms with van der Waals surface area (Å²) in [6.45, 7) is 2.14. The van der Waals surface area contributed by atoms with Crippen LogP contribution in [0.25, 0.3) is 11.4 Å². The summed E-state index contributed by atoms with van der Waals surface area (Å²) in [5, 5.41) is 3.21. The van der Waals surface area contributed by atoms with Crippen molar-refractivity contribution in [3.63, 3.8) is 0 Å². The Morgan fingerprint density at radius 2 is 2.05 bits per heavy atom. The third-order valence-corrected chi connectivity index (χ3v) is 2.60. The predicted molar refractivity (Wildman–Crippen MR) is 71.0 cm³/mol. The number of rotatable bonds is 6. The molecule has 0 aliphatic carbocycles. The fourth-order valence-electron chi connectivity index (χ4n) is 1.63. The van der Waals surface area contributed by atoms with Crippen molar-refractivity contribution in [1.29, 1.82) is 0 Å². The largest absolute Gasteiger partial charge is 0.383 e. The molecular weight excluding hydrogens is 245 g/mol. The van der Waals surface area contributed by atoms with Crippen molar-refractivity contribution in [2.45, 2.75) is 6.54 Å². The molecule has 2 aromatic rings. The number of nitrogens with one attached hydrogen (secondary N) is 1. The molecule has 0 aliphatic rings. The summed E-state index contributed by atoms with van der Waals surface area (Å²) in [4.78, 5) is 8.48. The summed E-state index contributed by atoms with van der Waals surface area (Å²) < 4.78 is 18.0. The third kappa shape index (κ3) is 4.08. The molecule has 1 aromatic carbocycles. The minimum atomic E-state index is -0.286. The molecule has 5 heteroatoms. The van der Waals surface area contributed by atoms with Crippen LogP contribution in [0.15, 0.2) is 36.7 Å². The van der Waals surface area contributed by atoms with Crippen molar-refractivity contribution >= 4 is 0 Å². The SMILES string of the molecule is COCCNCc1cnc(-c2cccc(F)c2)nc1. The van der Waals surface area contributed by atoms with Gasteiger partial charge in [-0.2, -0.15) is 0 Å². The van der Waals surface area contributed by atoms with Crippen molar-refractivity contribution in [2.24, 2.45) is 0 Å². The average Bonchev–Trinajstić information content (AvgIpc) is 2.44. The lowest BCUT2D eigenvalue weighted by atomic mass is 10.2. The molecule has 0 spiro atoms. The van der Waals surface area contributed by atoms with E-state index >= 15 is 0 Å². The van der Waals surface area contributed by atoms with E-state index in [0.29, 0.717) is 24.5 Å². The molecule has 100 valence electrons. The van der Waals surface area contributed by atoms with E-state index in [-0.39, 0.29) is 5.82 Å². The smallest absolute Gasteiger partial charge is 0.159 e. The first-order valence-corrected chi connectivity index (χ1v) is 6.06. The van der Waals surface area contributed by atoms with Gasteiger partial charge in [-0.25, -0.2) is 14.4 Å². The van der Waals surface area contributed by atoms with Gasteiger partial charge in [-0.1, -0.05) is 12.1 Å². The van der Waals surface area contributed by atoms with E-state index in [1.165, 1.54) is 12.1 Å². The topological polar surface area (TPSA) is 47.0 Å². The second kappa shape index (κ2) is 6.92. The van der Waals surface area contributed by atoms with E-state index in [1.54, 1.807) is 31.6 Å². The maximum atomic E-state index is 13.1. The molecule has 0 saturated carbocycles. The minimum absolute atomic E-state index is 0.286. The Labute approximate surface area is 111 Å². The van der Waals surface area contributed by atoms with Crippen LogP contribution in [0.1, 0.15) is 5.56 Å². The first-order valence-electron chi connectivity index (χ1n) is 6.06. The highest BCUT2D eigenvalue weighted by molar-refractivity contribution is 5.54. The first kappa shape index (κ1) is 13.6. The molecule has 0 saturated heterocycles. The van der Waals surface area contributed by atoms with Gasteiger partial charge in [0.25, 0.3) is 0 Å². The van der Waals surface area contributed by atoms with Gasteiger partial charge in [-0.3, -0.25) is 0 Å². The van der Waals surface area contributed by atoms with Crippen LogP contribution in [0.3, 0.4) is 0 Å². The molecule has 0 unspecified atom stereocenters. The molecule has 0 bridgehead atoms. The standard InChI is InChI=1S/C14H16FN3O/c1-19-6-5-16-8-11-9-17-14(18-10-11)12-3-2-4-13(15)7-12/h2-4,7,9-10,16H,5-6,8H2,1H3. The average molecular weight is 261 g/mol. The highest BCUT2D eigenvalue weighted by Gasteiger charge is 2.02. The van der Waals surface area contributed by atoms with Crippen molar-refractivity contribution in [3.05, 3.63) is 48.0 Å². The fraction of sp³-hybridized carbons (Fsp3) is 0.286. The minimum Gasteiger partial charge on any atom is -0.383 e. The number of nitrogens with zero attached hydrogens (tertiary/aromatic N) is 2. The van der Waals surface area contributed by atoms with Gasteiger partial charge in [0.1, 0.15) is 5.82 Å². The zero-order valence-electron chi connectivity index (χ0n) is 10.8. The number of aromatic nitrogens is 2. The number of hydrogen-bond acceptors (Lipinski definition) is 4. The number of ether oxygens (including phenoxy) is 1.